The van der Waals surface area contributed by atoms with Crippen LogP contribution in [0, 0.1) is 0 Å². The van der Waals surface area contributed by atoms with Gasteiger partial charge in [0.15, 0.2) is 0 Å². The molecule has 4 rings (SSSR count). The first-order chi connectivity index (χ1) is 12.8. The van der Waals surface area contributed by atoms with Crippen LogP contribution in [0.1, 0.15) is 48.9 Å². The van der Waals surface area contributed by atoms with E-state index >= 15 is 0 Å². The lowest BCUT2D eigenvalue weighted by Gasteiger charge is -2.40. The number of carbonyl (C=O) groups excluding carboxylic acids is 1. The van der Waals surface area contributed by atoms with Crippen LogP contribution in [0.15, 0.2) is 18.3 Å². The molecule has 1 amide bonds. The van der Waals surface area contributed by atoms with Gasteiger partial charge >= 0.3 is 0 Å². The smallest absolute Gasteiger partial charge is 0.254 e. The number of rotatable bonds is 4. The molecule has 0 aromatic carbocycles. The van der Waals surface area contributed by atoms with Gasteiger partial charge in [-0.25, -0.2) is 4.98 Å². The zero-order valence-corrected chi connectivity index (χ0v) is 16.3. The number of thioether (sulfide) groups is 1. The fraction of sp³-hybridized carbons (Fsp3) is 0.700. The van der Waals surface area contributed by atoms with E-state index in [0.717, 1.165) is 50.1 Å². The molecule has 0 bridgehead atoms. The molecule has 142 valence electrons. The summed E-state index contributed by atoms with van der Waals surface area (Å²) in [5.74, 6) is 2.86. The zero-order valence-electron chi connectivity index (χ0n) is 15.4. The first-order valence-corrected chi connectivity index (χ1v) is 11.2. The highest BCUT2D eigenvalue weighted by Crippen LogP contribution is 2.25. The van der Waals surface area contributed by atoms with E-state index in [1.807, 2.05) is 28.8 Å². The van der Waals surface area contributed by atoms with Crippen LogP contribution >= 0.6 is 11.8 Å². The van der Waals surface area contributed by atoms with Gasteiger partial charge in [-0.3, -0.25) is 9.69 Å². The topological polar surface area (TPSA) is 45.7 Å². The lowest BCUT2D eigenvalue weighted by molar-refractivity contribution is 0.0522. The van der Waals surface area contributed by atoms with Crippen LogP contribution in [0.25, 0.3) is 0 Å². The molecule has 1 unspecified atom stereocenters. The van der Waals surface area contributed by atoms with Crippen molar-refractivity contribution in [3.05, 3.63) is 23.9 Å². The monoisotopic (exact) mass is 375 g/mol. The number of nitrogens with zero attached hydrogens (tertiary/aromatic N) is 3. The summed E-state index contributed by atoms with van der Waals surface area (Å²) < 4.78 is 5.94. The van der Waals surface area contributed by atoms with E-state index in [4.69, 9.17) is 4.74 Å². The van der Waals surface area contributed by atoms with Crippen LogP contribution in [-0.4, -0.2) is 70.5 Å². The van der Waals surface area contributed by atoms with Crippen LogP contribution in [0.5, 0.6) is 5.88 Å². The maximum absolute atomic E-state index is 12.9. The number of pyridine rings is 1. The Hall–Kier alpha value is -1.27. The third-order valence-electron chi connectivity index (χ3n) is 5.85. The molecule has 2 saturated heterocycles. The summed E-state index contributed by atoms with van der Waals surface area (Å²) in [6.45, 7) is 3.66. The second kappa shape index (κ2) is 8.61. The second-order valence-corrected chi connectivity index (χ2v) is 8.76. The Morgan fingerprint density at radius 1 is 1.12 bits per heavy atom. The minimum Gasteiger partial charge on any atom is -0.473 e. The maximum Gasteiger partial charge on any atom is 0.254 e. The number of piperazine rings is 1. The van der Waals surface area contributed by atoms with Gasteiger partial charge < -0.3 is 9.64 Å². The molecule has 1 aromatic rings. The quantitative estimate of drug-likeness (QED) is 0.809. The highest BCUT2D eigenvalue weighted by molar-refractivity contribution is 7.99. The lowest BCUT2D eigenvalue weighted by Crippen LogP contribution is -2.52. The van der Waals surface area contributed by atoms with Crippen molar-refractivity contribution in [2.24, 2.45) is 0 Å². The highest BCUT2D eigenvalue weighted by Gasteiger charge is 2.27. The Balaban J connectivity index is 1.33. The minimum absolute atomic E-state index is 0.112. The summed E-state index contributed by atoms with van der Waals surface area (Å²) in [7, 11) is 0. The SMILES string of the molecule is O=C(c1ccnc(OC2CCSC2)c1)N1CCN(C2CCCCC2)CC1. The van der Waals surface area contributed by atoms with Crippen molar-refractivity contribution in [1.82, 2.24) is 14.8 Å². The van der Waals surface area contributed by atoms with Crippen LogP contribution in [0.2, 0.25) is 0 Å². The van der Waals surface area contributed by atoms with Crippen molar-refractivity contribution >= 4 is 17.7 Å². The molecule has 0 spiro atoms. The van der Waals surface area contributed by atoms with Gasteiger partial charge in [-0.2, -0.15) is 11.8 Å². The summed E-state index contributed by atoms with van der Waals surface area (Å²) in [4.78, 5) is 21.8. The summed E-state index contributed by atoms with van der Waals surface area (Å²) in [5.41, 5.74) is 0.701. The third-order valence-corrected chi connectivity index (χ3v) is 6.98. The number of hydrogen-bond acceptors (Lipinski definition) is 5. The molecular weight excluding hydrogens is 346 g/mol. The van der Waals surface area contributed by atoms with E-state index in [2.05, 4.69) is 9.88 Å². The third kappa shape index (κ3) is 4.34. The number of carbonyl (C=O) groups is 1. The van der Waals surface area contributed by atoms with Gasteiger partial charge in [0.05, 0.1) is 0 Å². The predicted molar refractivity (Wildman–Crippen MR) is 105 cm³/mol. The molecule has 5 nitrogen and oxygen atoms in total. The van der Waals surface area contributed by atoms with Crippen molar-refractivity contribution in [3.63, 3.8) is 0 Å². The molecule has 1 aliphatic carbocycles. The molecular formula is C20H29N3O2S. The average Bonchev–Trinajstić information content (AvgIpc) is 3.21. The molecule has 3 aliphatic rings. The van der Waals surface area contributed by atoms with E-state index in [-0.39, 0.29) is 12.0 Å². The van der Waals surface area contributed by atoms with E-state index in [0.29, 0.717) is 11.4 Å². The van der Waals surface area contributed by atoms with Gasteiger partial charge in [-0.05, 0) is 31.1 Å². The molecule has 1 saturated carbocycles. The Morgan fingerprint density at radius 3 is 2.65 bits per heavy atom. The molecule has 0 radical (unpaired) electrons. The second-order valence-electron chi connectivity index (χ2n) is 7.61. The number of aromatic nitrogens is 1. The predicted octanol–water partition coefficient (Wildman–Crippen LogP) is 3.06. The standard InChI is InChI=1S/C20H29N3O2S/c24-20(16-6-8-21-19(14-16)25-18-7-13-26-15-18)23-11-9-22(10-12-23)17-4-2-1-3-5-17/h6,8,14,17-18H,1-5,7,9-13,15H2. The molecule has 1 atom stereocenters. The van der Waals surface area contributed by atoms with Gasteiger partial charge in [0.2, 0.25) is 5.88 Å². The molecule has 26 heavy (non-hydrogen) atoms. The zero-order chi connectivity index (χ0) is 17.8. The fourth-order valence-corrected chi connectivity index (χ4v) is 5.40. The van der Waals surface area contributed by atoms with Gasteiger partial charge in [0.25, 0.3) is 5.91 Å². The Morgan fingerprint density at radius 2 is 1.92 bits per heavy atom. The summed E-state index contributed by atoms with van der Waals surface area (Å²) in [6, 6.07) is 4.37. The average molecular weight is 376 g/mol. The number of hydrogen-bond donors (Lipinski definition) is 0. The van der Waals surface area contributed by atoms with E-state index in [1.165, 1.54) is 32.1 Å². The van der Waals surface area contributed by atoms with Crippen LogP contribution in [0.4, 0.5) is 0 Å². The molecule has 3 fully saturated rings. The first-order valence-electron chi connectivity index (χ1n) is 10.0. The normalized spacial score (nSPS) is 25.4. The van der Waals surface area contributed by atoms with Crippen molar-refractivity contribution in [2.75, 3.05) is 37.7 Å². The number of amides is 1. The van der Waals surface area contributed by atoms with Crippen molar-refractivity contribution < 1.29 is 9.53 Å². The summed E-state index contributed by atoms with van der Waals surface area (Å²) in [6.07, 6.45) is 9.78. The van der Waals surface area contributed by atoms with E-state index < -0.39 is 0 Å². The van der Waals surface area contributed by atoms with Crippen molar-refractivity contribution in [2.45, 2.75) is 50.7 Å². The molecule has 0 N–H and O–H groups in total. The molecule has 1 aromatic heterocycles. The van der Waals surface area contributed by atoms with Crippen molar-refractivity contribution in [3.8, 4) is 5.88 Å². The van der Waals surface area contributed by atoms with E-state index in [1.54, 1.807) is 6.20 Å². The summed E-state index contributed by atoms with van der Waals surface area (Å²) in [5, 5.41) is 0. The first kappa shape index (κ1) is 18.1. The summed E-state index contributed by atoms with van der Waals surface area (Å²) >= 11 is 1.91. The minimum atomic E-state index is 0.112. The van der Waals surface area contributed by atoms with Gasteiger partial charge in [-0.1, -0.05) is 19.3 Å². The van der Waals surface area contributed by atoms with Crippen LogP contribution in [0.3, 0.4) is 0 Å². The van der Waals surface area contributed by atoms with Crippen LogP contribution in [-0.2, 0) is 0 Å². The van der Waals surface area contributed by atoms with Crippen LogP contribution < -0.4 is 4.74 Å². The Labute approximate surface area is 160 Å². The lowest BCUT2D eigenvalue weighted by atomic mass is 9.94. The number of ether oxygens (including phenoxy) is 1. The van der Waals surface area contributed by atoms with Gasteiger partial charge in [0.1, 0.15) is 6.10 Å². The van der Waals surface area contributed by atoms with Gasteiger partial charge in [-0.15, -0.1) is 0 Å². The van der Waals surface area contributed by atoms with E-state index in [9.17, 15) is 4.79 Å². The van der Waals surface area contributed by atoms with Gasteiger partial charge in [0, 0.05) is 55.8 Å². The van der Waals surface area contributed by atoms with Crippen molar-refractivity contribution in [1.29, 1.82) is 0 Å². The Bertz CT molecular complexity index is 607. The highest BCUT2D eigenvalue weighted by atomic mass is 32.2. The maximum atomic E-state index is 12.9. The largest absolute Gasteiger partial charge is 0.473 e. The molecule has 6 heteroatoms. The Kier molecular flexibility index (Phi) is 6.00. The molecule has 2 aliphatic heterocycles. The molecule has 3 heterocycles. The fourth-order valence-electron chi connectivity index (χ4n) is 4.30.